The maximum absolute atomic E-state index is 12.8. The number of ether oxygens (including phenoxy) is 3. The highest BCUT2D eigenvalue weighted by Gasteiger charge is 2.31. The second-order valence-corrected chi connectivity index (χ2v) is 17.4. The van der Waals surface area contributed by atoms with E-state index in [0.29, 0.717) is 19.3 Å². The number of carbonyl (C=O) groups excluding carboxylic acids is 2. The number of allylic oxidation sites excluding steroid dienone is 10. The highest BCUT2D eigenvalue weighted by Crippen LogP contribution is 2.15. The third-order valence-electron chi connectivity index (χ3n) is 10.7. The van der Waals surface area contributed by atoms with Crippen LogP contribution in [0, 0.1) is 0 Å². The van der Waals surface area contributed by atoms with Crippen molar-refractivity contribution in [2.45, 2.75) is 212 Å². The molecule has 0 aromatic carbocycles. The minimum atomic E-state index is -0.883. The van der Waals surface area contributed by atoms with Gasteiger partial charge in [-0.3, -0.25) is 9.59 Å². The van der Waals surface area contributed by atoms with E-state index in [1.807, 2.05) is 57.6 Å². The first-order valence-electron chi connectivity index (χ1n) is 24.4. The molecule has 0 aromatic heterocycles. The molecule has 0 fully saturated rings. The average molecular weight is 843 g/mol. The van der Waals surface area contributed by atoms with E-state index in [-0.39, 0.29) is 36.2 Å². The van der Waals surface area contributed by atoms with Gasteiger partial charge < -0.3 is 23.8 Å². The van der Waals surface area contributed by atoms with E-state index in [1.54, 1.807) is 0 Å². The number of esters is 2. The largest absolute Gasteiger partial charge is 0.477 e. The molecule has 1 N–H and O–H groups in total. The van der Waals surface area contributed by atoms with Crippen LogP contribution >= 0.6 is 0 Å². The summed E-state index contributed by atoms with van der Waals surface area (Å²) < 4.78 is 17.3. The van der Waals surface area contributed by atoms with E-state index >= 15 is 0 Å². The molecule has 0 aliphatic heterocycles. The molecule has 0 aliphatic rings. The number of unbranched alkanes of at least 4 members (excludes halogenated alkanes) is 22. The molecule has 0 bridgehead atoms. The molecule has 8 nitrogen and oxygen atoms in total. The minimum absolute atomic E-state index is 0.0447. The third-order valence-corrected chi connectivity index (χ3v) is 10.7. The lowest BCUT2D eigenvalue weighted by molar-refractivity contribution is -0.887. The predicted molar refractivity (Wildman–Crippen MR) is 252 cm³/mol. The van der Waals surface area contributed by atoms with Gasteiger partial charge in [0.1, 0.15) is 6.61 Å². The maximum atomic E-state index is 12.8. The van der Waals surface area contributed by atoms with Crippen LogP contribution in [0.15, 0.2) is 60.8 Å². The van der Waals surface area contributed by atoms with Gasteiger partial charge in [0.05, 0.1) is 34.4 Å². The summed E-state index contributed by atoms with van der Waals surface area (Å²) in [7, 11) is 5.51. The molecule has 346 valence electrons. The van der Waals surface area contributed by atoms with Crippen LogP contribution < -0.4 is 0 Å². The van der Waals surface area contributed by atoms with Gasteiger partial charge in [-0.2, -0.15) is 0 Å². The average Bonchev–Trinajstić information content (AvgIpc) is 3.21. The van der Waals surface area contributed by atoms with Crippen molar-refractivity contribution in [2.24, 2.45) is 0 Å². The second-order valence-electron chi connectivity index (χ2n) is 17.4. The number of likely N-dealkylation sites (N-methyl/N-ethyl adjacent to an activating group) is 1. The van der Waals surface area contributed by atoms with Crippen LogP contribution in [-0.2, 0) is 28.6 Å². The number of hydrogen-bond donors (Lipinski definition) is 1. The number of carboxylic acid groups (broad SMARTS) is 1. The van der Waals surface area contributed by atoms with Crippen LogP contribution in [0.3, 0.4) is 0 Å². The van der Waals surface area contributed by atoms with Gasteiger partial charge in [0.25, 0.3) is 0 Å². The van der Waals surface area contributed by atoms with Crippen LogP contribution in [0.1, 0.15) is 200 Å². The molecule has 8 heteroatoms. The van der Waals surface area contributed by atoms with Crippen molar-refractivity contribution in [3.8, 4) is 0 Å². The Morgan fingerprint density at radius 2 is 0.950 bits per heavy atom. The van der Waals surface area contributed by atoms with Crippen molar-refractivity contribution in [3.05, 3.63) is 60.8 Å². The van der Waals surface area contributed by atoms with E-state index in [2.05, 4.69) is 38.2 Å². The van der Waals surface area contributed by atoms with E-state index < -0.39 is 18.1 Å². The van der Waals surface area contributed by atoms with Crippen molar-refractivity contribution >= 4 is 17.9 Å². The molecule has 0 saturated carbocycles. The molecule has 0 spiro atoms. The fourth-order valence-corrected chi connectivity index (χ4v) is 6.98. The Labute approximate surface area is 368 Å². The maximum Gasteiger partial charge on any atom is 0.362 e. The molecule has 2 unspecified atom stereocenters. The first-order chi connectivity index (χ1) is 29.1. The van der Waals surface area contributed by atoms with Crippen molar-refractivity contribution in [1.82, 2.24) is 0 Å². The van der Waals surface area contributed by atoms with Crippen LogP contribution in [-0.4, -0.2) is 80.6 Å². The summed E-state index contributed by atoms with van der Waals surface area (Å²) in [4.78, 5) is 37.0. The quantitative estimate of drug-likeness (QED) is 0.0215. The molecular weight excluding hydrogens is 751 g/mol. The van der Waals surface area contributed by atoms with Crippen molar-refractivity contribution in [3.63, 3.8) is 0 Å². The molecule has 0 aliphatic carbocycles. The normalized spacial score (nSPS) is 13.4. The minimum Gasteiger partial charge on any atom is -0.477 e. The van der Waals surface area contributed by atoms with Gasteiger partial charge in [-0.1, -0.05) is 184 Å². The fourth-order valence-electron chi connectivity index (χ4n) is 6.98. The zero-order valence-electron chi connectivity index (χ0n) is 39.4. The molecule has 60 heavy (non-hydrogen) atoms. The Bertz CT molecular complexity index is 1170. The lowest BCUT2D eigenvalue weighted by Crippen LogP contribution is -2.50. The van der Waals surface area contributed by atoms with Crippen molar-refractivity contribution < 1.29 is 38.2 Å². The summed E-state index contributed by atoms with van der Waals surface area (Å²) in [6, 6.07) is -0.624. The van der Waals surface area contributed by atoms with E-state index in [1.165, 1.54) is 116 Å². The summed E-state index contributed by atoms with van der Waals surface area (Å²) in [5, 5.41) is 9.63. The zero-order valence-corrected chi connectivity index (χ0v) is 39.4. The molecule has 0 amide bonds. The molecular formula is C52H92NO7+. The van der Waals surface area contributed by atoms with Crippen LogP contribution in [0.4, 0.5) is 0 Å². The molecule has 0 rings (SSSR count). The Kier molecular flexibility index (Phi) is 40.6. The number of quaternary nitrogens is 1. The second kappa shape index (κ2) is 42.7. The monoisotopic (exact) mass is 843 g/mol. The lowest BCUT2D eigenvalue weighted by Gasteiger charge is -2.31. The van der Waals surface area contributed by atoms with E-state index in [0.717, 1.165) is 51.4 Å². The van der Waals surface area contributed by atoms with Crippen LogP contribution in [0.5, 0.6) is 0 Å². The van der Waals surface area contributed by atoms with Crippen molar-refractivity contribution in [2.75, 3.05) is 41.0 Å². The van der Waals surface area contributed by atoms with Crippen molar-refractivity contribution in [1.29, 1.82) is 0 Å². The van der Waals surface area contributed by atoms with Gasteiger partial charge in [-0.25, -0.2) is 4.79 Å². The molecule has 0 aromatic rings. The standard InChI is InChI=1S/C52H91NO7/c1-6-8-10-12-14-16-18-20-21-22-23-24-25-26-27-28-29-31-33-35-37-39-41-43-51(55)60-48(46-58-45-44-49(52(56)57)53(3,4)5)47-59-50(54)42-40-38-36-34-32-30-19-17-15-13-11-9-7-2/h9,11,13,15,17,19,26-27,30,32,48-49H,6-8,10,12,14,16,18,20-25,28-29,31,33-47H2,1-5H3/p+1/b11-9+,15-13+,19-17+,27-26+,32-30+. The SMILES string of the molecule is CC/C=C/C=C/C=C/C=C/CCCCCC(=O)OCC(COCCC(C(=O)O)[N+](C)(C)C)OC(=O)CCCCCCCCC/C=C/CCCCCCCCCCCCCC. The number of carboxylic acids is 1. The number of hydrogen-bond acceptors (Lipinski definition) is 6. The highest BCUT2D eigenvalue weighted by molar-refractivity contribution is 5.72. The predicted octanol–water partition coefficient (Wildman–Crippen LogP) is 13.8. The molecule has 0 radical (unpaired) electrons. The first kappa shape index (κ1) is 57.0. The zero-order chi connectivity index (χ0) is 44.2. The fraction of sp³-hybridized carbons (Fsp3) is 0.750. The van der Waals surface area contributed by atoms with Crippen LogP contribution in [0.2, 0.25) is 0 Å². The Morgan fingerprint density at radius 1 is 0.517 bits per heavy atom. The lowest BCUT2D eigenvalue weighted by atomic mass is 10.0. The summed E-state index contributed by atoms with van der Waals surface area (Å²) in [6.07, 6.45) is 52.8. The molecule has 2 atom stereocenters. The van der Waals surface area contributed by atoms with Gasteiger partial charge in [-0.15, -0.1) is 0 Å². The van der Waals surface area contributed by atoms with Gasteiger partial charge >= 0.3 is 17.9 Å². The smallest absolute Gasteiger partial charge is 0.362 e. The number of rotatable bonds is 43. The summed E-state index contributed by atoms with van der Waals surface area (Å²) >= 11 is 0. The third kappa shape index (κ3) is 40.4. The summed E-state index contributed by atoms with van der Waals surface area (Å²) in [6.45, 7) is 4.56. The van der Waals surface area contributed by atoms with Gasteiger partial charge in [0, 0.05) is 19.3 Å². The summed E-state index contributed by atoms with van der Waals surface area (Å²) in [5.74, 6) is -1.52. The Hall–Kier alpha value is -2.97. The van der Waals surface area contributed by atoms with Crippen LogP contribution in [0.25, 0.3) is 0 Å². The van der Waals surface area contributed by atoms with E-state index in [9.17, 15) is 19.5 Å². The molecule has 0 saturated heterocycles. The number of nitrogens with zero attached hydrogens (tertiary/aromatic N) is 1. The number of aliphatic carboxylic acids is 1. The highest BCUT2D eigenvalue weighted by atomic mass is 16.6. The summed E-state index contributed by atoms with van der Waals surface area (Å²) in [5.41, 5.74) is 0. The molecule has 0 heterocycles. The Balaban J connectivity index is 4.26. The topological polar surface area (TPSA) is 99.1 Å². The first-order valence-corrected chi connectivity index (χ1v) is 24.4. The Morgan fingerprint density at radius 3 is 1.45 bits per heavy atom. The van der Waals surface area contributed by atoms with E-state index in [4.69, 9.17) is 14.2 Å². The van der Waals surface area contributed by atoms with Gasteiger partial charge in [-0.05, 0) is 57.8 Å². The number of carbonyl (C=O) groups is 3. The van der Waals surface area contributed by atoms with Gasteiger partial charge in [0.2, 0.25) is 0 Å². The van der Waals surface area contributed by atoms with Gasteiger partial charge in [0.15, 0.2) is 12.1 Å².